The number of carbonyl (C=O) groups is 1. The van der Waals surface area contributed by atoms with Gasteiger partial charge in [-0.15, -0.1) is 0 Å². The number of halogens is 1. The Bertz CT molecular complexity index is 701. The quantitative estimate of drug-likeness (QED) is 0.768. The molecule has 0 spiro atoms. The Morgan fingerprint density at radius 1 is 1.22 bits per heavy atom. The van der Waals surface area contributed by atoms with Gasteiger partial charge in [0.05, 0.1) is 6.61 Å². The summed E-state index contributed by atoms with van der Waals surface area (Å²) in [5.74, 6) is -0.455. The van der Waals surface area contributed by atoms with Crippen LogP contribution in [-0.2, 0) is 6.54 Å². The van der Waals surface area contributed by atoms with Gasteiger partial charge in [-0.25, -0.2) is 4.39 Å². The molecule has 0 aliphatic rings. The molecule has 0 unspecified atom stereocenters. The topological polar surface area (TPSA) is 61.4 Å². The smallest absolute Gasteiger partial charge is 0.251 e. The van der Waals surface area contributed by atoms with Crippen molar-refractivity contribution in [2.75, 3.05) is 18.5 Å². The molecule has 0 aromatic heterocycles. The first-order chi connectivity index (χ1) is 11.0. The number of nitrogens with one attached hydrogen (secondary N) is 2. The van der Waals surface area contributed by atoms with Crippen LogP contribution >= 0.6 is 0 Å². The number of benzene rings is 2. The van der Waals surface area contributed by atoms with Crippen molar-refractivity contribution in [3.05, 3.63) is 64.5 Å². The minimum Gasteiger partial charge on any atom is -0.395 e. The molecule has 0 aliphatic heterocycles. The minimum absolute atomic E-state index is 0.0907. The Hall–Kier alpha value is -2.40. The van der Waals surface area contributed by atoms with Gasteiger partial charge in [0.2, 0.25) is 0 Å². The molecule has 2 aromatic carbocycles. The number of rotatable bonds is 6. The van der Waals surface area contributed by atoms with Gasteiger partial charge >= 0.3 is 0 Å². The van der Waals surface area contributed by atoms with Crippen molar-refractivity contribution in [1.29, 1.82) is 0 Å². The van der Waals surface area contributed by atoms with Gasteiger partial charge in [0.15, 0.2) is 0 Å². The Labute approximate surface area is 135 Å². The normalized spacial score (nSPS) is 10.4. The van der Waals surface area contributed by atoms with Crippen molar-refractivity contribution >= 4 is 11.6 Å². The average molecular weight is 316 g/mol. The third-order valence-electron chi connectivity index (χ3n) is 3.75. The Morgan fingerprint density at radius 3 is 2.70 bits per heavy atom. The first kappa shape index (κ1) is 17.0. The van der Waals surface area contributed by atoms with E-state index < -0.39 is 0 Å². The summed E-state index contributed by atoms with van der Waals surface area (Å²) in [4.78, 5) is 12.1. The van der Waals surface area contributed by atoms with Gasteiger partial charge in [-0.05, 0) is 54.8 Å². The maximum Gasteiger partial charge on any atom is 0.251 e. The van der Waals surface area contributed by atoms with Crippen molar-refractivity contribution in [2.24, 2.45) is 0 Å². The summed E-state index contributed by atoms with van der Waals surface area (Å²) in [6.07, 6.45) is 0. The summed E-state index contributed by atoms with van der Waals surface area (Å²) in [6, 6.07) is 10.1. The standard InChI is InChI=1S/C18H21FN2O2/c1-12-10-15(19)7-6-14(12)11-21-17-5-3-4-16(13(17)2)18(23)20-8-9-22/h3-7,10,21-22H,8-9,11H2,1-2H3,(H,20,23). The molecule has 4 nitrogen and oxygen atoms in total. The number of aliphatic hydroxyl groups excluding tert-OH is 1. The maximum atomic E-state index is 13.1. The molecule has 0 fully saturated rings. The van der Waals surface area contributed by atoms with E-state index in [0.29, 0.717) is 12.1 Å². The van der Waals surface area contributed by atoms with Gasteiger partial charge < -0.3 is 15.7 Å². The molecule has 2 aromatic rings. The van der Waals surface area contributed by atoms with Crippen LogP contribution in [0, 0.1) is 19.7 Å². The Kier molecular flexibility index (Phi) is 5.71. The zero-order valence-electron chi connectivity index (χ0n) is 13.3. The third-order valence-corrected chi connectivity index (χ3v) is 3.75. The molecular formula is C18H21FN2O2. The van der Waals surface area contributed by atoms with E-state index in [9.17, 15) is 9.18 Å². The summed E-state index contributed by atoms with van der Waals surface area (Å²) >= 11 is 0. The van der Waals surface area contributed by atoms with Gasteiger partial charge in [0.1, 0.15) is 5.82 Å². The number of hydrogen-bond acceptors (Lipinski definition) is 3. The molecule has 0 saturated carbocycles. The van der Waals surface area contributed by atoms with Crippen molar-refractivity contribution in [1.82, 2.24) is 5.32 Å². The second-order valence-corrected chi connectivity index (χ2v) is 5.38. The summed E-state index contributed by atoms with van der Waals surface area (Å²) in [5.41, 5.74) is 4.14. The van der Waals surface area contributed by atoms with E-state index in [0.717, 1.165) is 22.4 Å². The molecule has 0 bridgehead atoms. The van der Waals surface area contributed by atoms with Crippen LogP contribution in [0.5, 0.6) is 0 Å². The predicted molar refractivity (Wildman–Crippen MR) is 89.1 cm³/mol. The molecule has 5 heteroatoms. The summed E-state index contributed by atoms with van der Waals surface area (Å²) < 4.78 is 13.1. The van der Waals surface area contributed by atoms with Gasteiger partial charge in [-0.3, -0.25) is 4.79 Å². The van der Waals surface area contributed by atoms with E-state index >= 15 is 0 Å². The van der Waals surface area contributed by atoms with Gasteiger partial charge in [-0.1, -0.05) is 12.1 Å². The van der Waals surface area contributed by atoms with Crippen LogP contribution in [0.1, 0.15) is 27.0 Å². The van der Waals surface area contributed by atoms with Crippen LogP contribution in [0.25, 0.3) is 0 Å². The zero-order valence-corrected chi connectivity index (χ0v) is 13.3. The Balaban J connectivity index is 2.13. The monoisotopic (exact) mass is 316 g/mol. The highest BCUT2D eigenvalue weighted by atomic mass is 19.1. The van der Waals surface area contributed by atoms with Crippen LogP contribution in [0.2, 0.25) is 0 Å². The number of anilines is 1. The minimum atomic E-state index is -0.245. The average Bonchev–Trinajstić information content (AvgIpc) is 2.53. The van der Waals surface area contributed by atoms with Crippen LogP contribution in [0.15, 0.2) is 36.4 Å². The molecule has 0 atom stereocenters. The van der Waals surface area contributed by atoms with Crippen molar-refractivity contribution < 1.29 is 14.3 Å². The number of amides is 1. The summed E-state index contributed by atoms with van der Waals surface area (Å²) in [6.45, 7) is 4.42. The van der Waals surface area contributed by atoms with E-state index in [4.69, 9.17) is 5.11 Å². The number of aryl methyl sites for hydroxylation is 1. The molecule has 23 heavy (non-hydrogen) atoms. The number of carbonyl (C=O) groups excluding carboxylic acids is 1. The molecule has 2 rings (SSSR count). The van der Waals surface area contributed by atoms with Crippen LogP contribution in [0.4, 0.5) is 10.1 Å². The highest BCUT2D eigenvalue weighted by Crippen LogP contribution is 2.20. The third kappa shape index (κ3) is 4.29. The molecule has 1 amide bonds. The zero-order chi connectivity index (χ0) is 16.8. The van der Waals surface area contributed by atoms with E-state index in [2.05, 4.69) is 10.6 Å². The molecule has 3 N–H and O–H groups in total. The van der Waals surface area contributed by atoms with E-state index in [1.807, 2.05) is 19.9 Å². The lowest BCUT2D eigenvalue weighted by molar-refractivity contribution is 0.0944. The second-order valence-electron chi connectivity index (χ2n) is 5.38. The predicted octanol–water partition coefficient (Wildman–Crippen LogP) is 2.78. The fourth-order valence-corrected chi connectivity index (χ4v) is 2.39. The molecule has 122 valence electrons. The fraction of sp³-hybridized carbons (Fsp3) is 0.278. The van der Waals surface area contributed by atoms with Crippen LogP contribution in [0.3, 0.4) is 0 Å². The number of hydrogen-bond donors (Lipinski definition) is 3. The van der Waals surface area contributed by atoms with E-state index in [1.54, 1.807) is 18.2 Å². The fourth-order valence-electron chi connectivity index (χ4n) is 2.39. The molecule has 0 radical (unpaired) electrons. The highest BCUT2D eigenvalue weighted by molar-refractivity contribution is 5.97. The molecule has 0 heterocycles. The lowest BCUT2D eigenvalue weighted by atomic mass is 10.0. The lowest BCUT2D eigenvalue weighted by Gasteiger charge is -2.14. The SMILES string of the molecule is Cc1cc(F)ccc1CNc1cccc(C(=O)NCCO)c1C. The van der Waals surface area contributed by atoms with Crippen LogP contribution < -0.4 is 10.6 Å². The largest absolute Gasteiger partial charge is 0.395 e. The molecule has 0 aliphatic carbocycles. The molecular weight excluding hydrogens is 295 g/mol. The Morgan fingerprint density at radius 2 is 2.00 bits per heavy atom. The first-order valence-corrected chi connectivity index (χ1v) is 7.50. The summed E-state index contributed by atoms with van der Waals surface area (Å²) in [5, 5.41) is 14.7. The van der Waals surface area contributed by atoms with Gasteiger partial charge in [-0.2, -0.15) is 0 Å². The first-order valence-electron chi connectivity index (χ1n) is 7.50. The van der Waals surface area contributed by atoms with Crippen molar-refractivity contribution in [3.8, 4) is 0 Å². The van der Waals surface area contributed by atoms with Gasteiger partial charge in [0.25, 0.3) is 5.91 Å². The van der Waals surface area contributed by atoms with Crippen molar-refractivity contribution in [2.45, 2.75) is 20.4 Å². The summed E-state index contributed by atoms with van der Waals surface area (Å²) in [7, 11) is 0. The van der Waals surface area contributed by atoms with E-state index in [1.165, 1.54) is 12.1 Å². The van der Waals surface area contributed by atoms with Crippen LogP contribution in [-0.4, -0.2) is 24.2 Å². The highest BCUT2D eigenvalue weighted by Gasteiger charge is 2.11. The lowest BCUT2D eigenvalue weighted by Crippen LogP contribution is -2.27. The molecule has 0 saturated heterocycles. The second kappa shape index (κ2) is 7.74. The maximum absolute atomic E-state index is 13.1. The van der Waals surface area contributed by atoms with Crippen molar-refractivity contribution in [3.63, 3.8) is 0 Å². The number of aliphatic hydroxyl groups is 1. The van der Waals surface area contributed by atoms with Gasteiger partial charge in [0, 0.05) is 24.3 Å². The van der Waals surface area contributed by atoms with E-state index in [-0.39, 0.29) is 24.9 Å².